The number of rotatable bonds is 22. The third-order valence-electron chi connectivity index (χ3n) is 7.22. The number of aliphatic hydroxyl groups excluding tert-OH is 1. The van der Waals surface area contributed by atoms with E-state index in [0.717, 1.165) is 0 Å². The zero-order valence-corrected chi connectivity index (χ0v) is 28.6. The van der Waals surface area contributed by atoms with Crippen molar-refractivity contribution in [2.45, 2.75) is 104 Å². The Hall–Kier alpha value is -4.39. The van der Waals surface area contributed by atoms with Crippen molar-refractivity contribution >= 4 is 41.4 Å². The zero-order chi connectivity index (χ0) is 37.1. The number of amides is 6. The molecule has 0 aromatic rings. The Labute approximate surface area is 280 Å². The number of aliphatic hydroxyl groups is 1. The van der Waals surface area contributed by atoms with Crippen LogP contribution in [-0.2, 0) is 28.8 Å². The van der Waals surface area contributed by atoms with Crippen LogP contribution in [0.5, 0.6) is 0 Å². The lowest BCUT2D eigenvalue weighted by Gasteiger charge is -2.27. The number of nitrogens with two attached hydrogens (primary N) is 3. The van der Waals surface area contributed by atoms with Gasteiger partial charge in [0.1, 0.15) is 36.8 Å². The molecule has 274 valence electrons. The number of carbonyl (C=O) groups excluding carboxylic acids is 6. The molecule has 0 aliphatic heterocycles. The number of nitrogens with one attached hydrogen (secondary N) is 5. The molecule has 0 aliphatic carbocycles. The van der Waals surface area contributed by atoms with E-state index in [-0.39, 0.29) is 44.1 Å². The smallest absolute Gasteiger partial charge is 0.394 e. The first-order chi connectivity index (χ1) is 22.3. The number of carbonyl (C=O) groups is 6. The van der Waals surface area contributed by atoms with E-state index < -0.39 is 95.6 Å². The molecule has 0 radical (unpaired) electrons. The van der Waals surface area contributed by atoms with Gasteiger partial charge in [0.15, 0.2) is 0 Å². The van der Waals surface area contributed by atoms with Crippen molar-refractivity contribution in [1.82, 2.24) is 26.6 Å². The largest absolute Gasteiger partial charge is 0.420 e. The molecular formula is C29H54N10O9. The average molecular weight is 687 g/mol. The number of hydrogen-bond acceptors (Lipinski definition) is 11. The van der Waals surface area contributed by atoms with Crippen molar-refractivity contribution in [1.29, 1.82) is 0 Å². The van der Waals surface area contributed by atoms with E-state index in [4.69, 9.17) is 17.2 Å². The maximum Gasteiger partial charge on any atom is 0.420 e. The molecule has 19 nitrogen and oxygen atoms in total. The van der Waals surface area contributed by atoms with Crippen LogP contribution in [0.3, 0.4) is 0 Å². The number of guanidine groups is 1. The summed E-state index contributed by atoms with van der Waals surface area (Å²) in [4.78, 5) is 90.1. The summed E-state index contributed by atoms with van der Waals surface area (Å²) in [5.41, 5.74) is 16.2. The van der Waals surface area contributed by atoms with Gasteiger partial charge in [0.2, 0.25) is 35.4 Å². The molecule has 0 spiro atoms. The van der Waals surface area contributed by atoms with Gasteiger partial charge in [0.25, 0.3) is 0 Å². The Bertz CT molecular complexity index is 1150. The van der Waals surface area contributed by atoms with E-state index in [1.54, 1.807) is 13.8 Å². The molecule has 0 saturated carbocycles. The predicted molar refractivity (Wildman–Crippen MR) is 176 cm³/mol. The normalized spacial score (nSPS) is 15.3. The number of primary amides is 1. The third kappa shape index (κ3) is 17.0. The molecule has 0 fully saturated rings. The van der Waals surface area contributed by atoms with E-state index in [9.17, 15) is 44.0 Å². The first-order valence-corrected chi connectivity index (χ1v) is 15.9. The first kappa shape index (κ1) is 43.6. The van der Waals surface area contributed by atoms with Crippen molar-refractivity contribution in [3.63, 3.8) is 0 Å². The van der Waals surface area contributed by atoms with Gasteiger partial charge in [0, 0.05) is 0 Å². The highest BCUT2D eigenvalue weighted by Crippen LogP contribution is 2.11. The Morgan fingerprint density at radius 2 is 1.35 bits per heavy atom. The van der Waals surface area contributed by atoms with Crippen molar-refractivity contribution in [2.24, 2.45) is 39.9 Å². The summed E-state index contributed by atoms with van der Waals surface area (Å²) in [6.07, 6.45) is 0.949. The second-order valence-electron chi connectivity index (χ2n) is 12.4. The molecule has 6 atom stereocenters. The van der Waals surface area contributed by atoms with E-state index in [2.05, 4.69) is 31.6 Å². The Kier molecular flexibility index (Phi) is 20.2. The van der Waals surface area contributed by atoms with Crippen LogP contribution >= 0.6 is 0 Å². The van der Waals surface area contributed by atoms with Crippen LogP contribution in [0, 0.1) is 27.9 Å². The quantitative estimate of drug-likeness (QED) is 0.0186. The highest BCUT2D eigenvalue weighted by atomic mass is 16.6. The zero-order valence-electron chi connectivity index (χ0n) is 28.6. The second-order valence-corrected chi connectivity index (χ2v) is 12.4. The van der Waals surface area contributed by atoms with E-state index in [1.165, 1.54) is 0 Å². The monoisotopic (exact) mass is 686 g/mol. The minimum absolute atomic E-state index is 0.000478. The predicted octanol–water partition coefficient (Wildman–Crippen LogP) is -2.64. The van der Waals surface area contributed by atoms with Crippen LogP contribution in [0.15, 0.2) is 4.99 Å². The van der Waals surface area contributed by atoms with Gasteiger partial charge in [0.05, 0.1) is 13.2 Å². The summed E-state index contributed by atoms with van der Waals surface area (Å²) in [5, 5.41) is 32.5. The molecule has 0 bridgehead atoms. The van der Waals surface area contributed by atoms with Crippen LogP contribution in [0.2, 0.25) is 0 Å². The maximum absolute atomic E-state index is 13.2. The molecule has 12 N–H and O–H groups in total. The number of hydrogen-bond donors (Lipinski definition) is 9. The van der Waals surface area contributed by atoms with E-state index >= 15 is 0 Å². The molecule has 0 heterocycles. The molecule has 6 amide bonds. The van der Waals surface area contributed by atoms with Gasteiger partial charge in [-0.3, -0.25) is 34.5 Å². The minimum Gasteiger partial charge on any atom is -0.394 e. The van der Waals surface area contributed by atoms with E-state index in [1.807, 2.05) is 27.7 Å². The Morgan fingerprint density at radius 3 is 1.85 bits per heavy atom. The Balaban J connectivity index is 5.75. The summed E-state index contributed by atoms with van der Waals surface area (Å²) >= 11 is 0. The lowest BCUT2D eigenvalue weighted by atomic mass is 9.96. The van der Waals surface area contributed by atoms with Crippen LogP contribution in [-0.4, -0.2) is 101 Å². The van der Waals surface area contributed by atoms with Gasteiger partial charge in [-0.05, 0) is 48.4 Å². The Morgan fingerprint density at radius 1 is 0.812 bits per heavy atom. The lowest BCUT2D eigenvalue weighted by molar-refractivity contribution is -0.352. The van der Waals surface area contributed by atoms with Crippen molar-refractivity contribution in [3.8, 4) is 0 Å². The van der Waals surface area contributed by atoms with Gasteiger partial charge >= 0.3 is 5.96 Å². The summed E-state index contributed by atoms with van der Waals surface area (Å²) in [7, 11) is 0. The lowest BCUT2D eigenvalue weighted by Crippen LogP contribution is -2.58. The fourth-order valence-electron chi connectivity index (χ4n) is 4.35. The minimum atomic E-state index is -1.24. The molecular weight excluding hydrogens is 632 g/mol. The number of aliphatic imine (C=N–C) groups is 1. The molecule has 0 unspecified atom stereocenters. The van der Waals surface area contributed by atoms with Crippen molar-refractivity contribution in [3.05, 3.63) is 10.1 Å². The highest BCUT2D eigenvalue weighted by Gasteiger charge is 2.32. The fourth-order valence-corrected chi connectivity index (χ4v) is 4.35. The second kappa shape index (κ2) is 22.2. The molecule has 48 heavy (non-hydrogen) atoms. The van der Waals surface area contributed by atoms with Gasteiger partial charge in [-0.2, -0.15) is 0 Å². The van der Waals surface area contributed by atoms with Gasteiger partial charge in [-0.15, -0.1) is 4.99 Å². The molecule has 0 aliphatic rings. The van der Waals surface area contributed by atoms with E-state index in [0.29, 0.717) is 6.42 Å². The maximum atomic E-state index is 13.2. The first-order valence-electron chi connectivity index (χ1n) is 15.9. The SMILES string of the molecule is CC[C@H](C)[C@H](NC(=O)[C@H](CC(C)C)NC(=O)[C@@H](N)CO)C(=O)NCC(=O)N[C@@H](CCCN=C(N)[N+](=O)[O-])C(=O)N[C@@H](CC(C)C)C(N)=O. The van der Waals surface area contributed by atoms with Gasteiger partial charge in [-0.1, -0.05) is 48.0 Å². The van der Waals surface area contributed by atoms with Crippen LogP contribution < -0.4 is 43.8 Å². The van der Waals surface area contributed by atoms with Crippen LogP contribution in [0.1, 0.15) is 73.6 Å². The summed E-state index contributed by atoms with van der Waals surface area (Å²) < 4.78 is 0. The van der Waals surface area contributed by atoms with Crippen LogP contribution in [0.25, 0.3) is 0 Å². The van der Waals surface area contributed by atoms with Crippen LogP contribution in [0.4, 0.5) is 0 Å². The molecule has 19 heteroatoms. The number of nitrogens with zero attached hydrogens (tertiary/aromatic N) is 2. The fraction of sp³-hybridized carbons (Fsp3) is 0.759. The van der Waals surface area contributed by atoms with Crippen molar-refractivity contribution in [2.75, 3.05) is 19.7 Å². The molecule has 0 rings (SSSR count). The highest BCUT2D eigenvalue weighted by molar-refractivity contribution is 5.95. The summed E-state index contributed by atoms with van der Waals surface area (Å²) in [6, 6.07) is -5.66. The summed E-state index contributed by atoms with van der Waals surface area (Å²) in [6.45, 7) is 9.46. The summed E-state index contributed by atoms with van der Waals surface area (Å²) in [5.74, 6) is -5.65. The number of nitro groups is 1. The van der Waals surface area contributed by atoms with Crippen molar-refractivity contribution < 1.29 is 38.8 Å². The third-order valence-corrected chi connectivity index (χ3v) is 7.22. The van der Waals surface area contributed by atoms with Gasteiger partial charge < -0.3 is 53.3 Å². The molecule has 0 aromatic carbocycles. The standard InChI is InChI=1S/C29H54N10O9/c1-7-17(6)23(38-27(45)21(12-16(4)5)37-25(43)18(30)14-40)28(46)34-13-22(41)35-19(9-8-10-33-29(32)39(47)48)26(44)36-20(24(31)42)11-15(2)3/h15-21,23,40H,7-14,30H2,1-6H3,(H2,31,42)(H2,32,33)(H,34,46)(H,35,41)(H,36,44)(H,37,43)(H,38,45)/t17-,18-,19-,20-,21-,23-/m0/s1. The molecule has 0 aromatic heterocycles. The van der Waals surface area contributed by atoms with Gasteiger partial charge in [-0.25, -0.2) is 0 Å². The topological polar surface area (TPSA) is 316 Å². The molecule has 0 saturated heterocycles. The average Bonchev–Trinajstić information content (AvgIpc) is 3.01.